The van der Waals surface area contributed by atoms with Gasteiger partial charge in [-0.25, -0.2) is 4.98 Å². The molecule has 2 heterocycles. The zero-order valence-corrected chi connectivity index (χ0v) is 28.0. The van der Waals surface area contributed by atoms with Gasteiger partial charge in [-0.1, -0.05) is 129 Å². The van der Waals surface area contributed by atoms with Crippen LogP contribution in [0.15, 0.2) is 170 Å². The molecule has 0 aliphatic heterocycles. The Balaban J connectivity index is 0.00000171. The Hall–Kier alpha value is -6.19. The van der Waals surface area contributed by atoms with Crippen LogP contribution in [0.5, 0.6) is 0 Å². The van der Waals surface area contributed by atoms with Gasteiger partial charge in [-0.05, 0) is 89.8 Å². The maximum atomic E-state index is 5.07. The lowest BCUT2D eigenvalue weighted by molar-refractivity contribution is 1.10. The van der Waals surface area contributed by atoms with E-state index in [9.17, 15) is 0 Å². The van der Waals surface area contributed by atoms with Crippen LogP contribution in [0.3, 0.4) is 0 Å². The minimum atomic E-state index is 0.939. The fraction of sp³-hybridized carbons (Fsp3) is 0.0652. The summed E-state index contributed by atoms with van der Waals surface area (Å²) in [4.78, 5) is 5.07. The first-order valence-electron chi connectivity index (χ1n) is 17.1. The van der Waals surface area contributed by atoms with Crippen LogP contribution in [0.2, 0.25) is 0 Å². The molecule has 0 radical (unpaired) electrons. The molecule has 49 heavy (non-hydrogen) atoms. The molecule has 2 aromatic heterocycles. The second-order valence-corrected chi connectivity index (χ2v) is 12.2. The SMILES string of the molecule is CC.Cc1ccc(-n2c3ccc(-c4ccccc4)cc3c3cc(-c4ccc(-c5nc6ccccc6n5-c5ccccc5)cc4)ccc32)cc1. The first kappa shape index (κ1) is 30.2. The maximum Gasteiger partial charge on any atom is 0.145 e. The molecule has 7 aromatic carbocycles. The van der Waals surface area contributed by atoms with Gasteiger partial charge in [0.2, 0.25) is 0 Å². The van der Waals surface area contributed by atoms with Gasteiger partial charge in [-0.15, -0.1) is 0 Å². The number of nitrogens with zero attached hydrogens (tertiary/aromatic N) is 3. The number of aromatic nitrogens is 3. The van der Waals surface area contributed by atoms with Gasteiger partial charge in [0.15, 0.2) is 0 Å². The lowest BCUT2D eigenvalue weighted by Gasteiger charge is -2.11. The molecule has 3 nitrogen and oxygen atoms in total. The molecule has 0 bridgehead atoms. The van der Waals surface area contributed by atoms with Crippen molar-refractivity contribution in [2.75, 3.05) is 0 Å². The summed E-state index contributed by atoms with van der Waals surface area (Å²) in [6, 6.07) is 60.8. The number of imidazole rings is 1. The second kappa shape index (κ2) is 12.8. The molecule has 0 spiro atoms. The standard InChI is InChI=1S/C44H31N3.C2H6/c1-30-16-24-37(25-17-30)46-41-26-22-34(31-10-4-2-5-11-31)28-38(41)39-29-35(23-27-42(39)46)32-18-20-33(21-19-32)44-45-40-14-8-9-15-43(40)47(44)36-12-6-3-7-13-36;1-2/h2-29H,1H3;1-2H3. The van der Waals surface area contributed by atoms with Crippen molar-refractivity contribution < 1.29 is 0 Å². The Morgan fingerprint density at radius 2 is 0.878 bits per heavy atom. The van der Waals surface area contributed by atoms with E-state index >= 15 is 0 Å². The third-order valence-corrected chi connectivity index (χ3v) is 9.22. The molecule has 9 rings (SSSR count). The Bertz CT molecular complexity index is 2540. The molecule has 0 atom stereocenters. The predicted molar refractivity (Wildman–Crippen MR) is 208 cm³/mol. The number of hydrogen-bond acceptors (Lipinski definition) is 1. The van der Waals surface area contributed by atoms with Gasteiger partial charge >= 0.3 is 0 Å². The Labute approximate surface area is 287 Å². The second-order valence-electron chi connectivity index (χ2n) is 12.2. The molecule has 0 aliphatic carbocycles. The van der Waals surface area contributed by atoms with Gasteiger partial charge in [-0.2, -0.15) is 0 Å². The third kappa shape index (κ3) is 5.40. The number of hydrogen-bond donors (Lipinski definition) is 0. The number of benzene rings is 7. The molecule has 0 N–H and O–H groups in total. The average molecular weight is 632 g/mol. The Morgan fingerprint density at radius 1 is 0.388 bits per heavy atom. The minimum absolute atomic E-state index is 0.939. The van der Waals surface area contributed by atoms with E-state index in [-0.39, 0.29) is 0 Å². The van der Waals surface area contributed by atoms with Crippen molar-refractivity contribution in [3.63, 3.8) is 0 Å². The fourth-order valence-electron chi connectivity index (χ4n) is 6.85. The van der Waals surface area contributed by atoms with Gasteiger partial charge in [-0.3, -0.25) is 4.57 Å². The van der Waals surface area contributed by atoms with Crippen molar-refractivity contribution in [1.82, 2.24) is 14.1 Å². The highest BCUT2D eigenvalue weighted by atomic mass is 15.1. The molecule has 3 heteroatoms. The van der Waals surface area contributed by atoms with Crippen LogP contribution in [0.1, 0.15) is 19.4 Å². The average Bonchev–Trinajstić information content (AvgIpc) is 3.72. The van der Waals surface area contributed by atoms with E-state index in [2.05, 4.69) is 180 Å². The van der Waals surface area contributed by atoms with Crippen LogP contribution in [-0.2, 0) is 0 Å². The van der Waals surface area contributed by atoms with Crippen molar-refractivity contribution in [3.8, 4) is 45.0 Å². The van der Waals surface area contributed by atoms with Crippen LogP contribution in [0, 0.1) is 6.92 Å². The van der Waals surface area contributed by atoms with E-state index in [1.54, 1.807) is 0 Å². The van der Waals surface area contributed by atoms with Crippen molar-refractivity contribution in [3.05, 3.63) is 175 Å². The highest BCUT2D eigenvalue weighted by Crippen LogP contribution is 2.38. The number of fused-ring (bicyclic) bond motifs is 4. The summed E-state index contributed by atoms with van der Waals surface area (Å²) < 4.78 is 4.64. The van der Waals surface area contributed by atoms with Crippen molar-refractivity contribution in [2.45, 2.75) is 20.8 Å². The monoisotopic (exact) mass is 631 g/mol. The van der Waals surface area contributed by atoms with Crippen LogP contribution in [0.25, 0.3) is 77.9 Å². The van der Waals surface area contributed by atoms with Gasteiger partial charge in [0.1, 0.15) is 5.82 Å². The smallest absolute Gasteiger partial charge is 0.145 e. The summed E-state index contributed by atoms with van der Waals surface area (Å²) in [7, 11) is 0. The summed E-state index contributed by atoms with van der Waals surface area (Å²) in [5.41, 5.74) is 13.9. The van der Waals surface area contributed by atoms with E-state index < -0.39 is 0 Å². The number of para-hydroxylation sites is 3. The molecule has 0 saturated heterocycles. The zero-order chi connectivity index (χ0) is 33.3. The van der Waals surface area contributed by atoms with Crippen molar-refractivity contribution >= 4 is 32.8 Å². The third-order valence-electron chi connectivity index (χ3n) is 9.22. The molecule has 0 unspecified atom stereocenters. The molecule has 0 saturated carbocycles. The molecular weight excluding hydrogens is 595 g/mol. The summed E-state index contributed by atoms with van der Waals surface area (Å²) in [5, 5.41) is 2.49. The van der Waals surface area contributed by atoms with Crippen LogP contribution in [0.4, 0.5) is 0 Å². The lowest BCUT2D eigenvalue weighted by atomic mass is 9.99. The summed E-state index contributed by atoms with van der Waals surface area (Å²) in [6.45, 7) is 6.14. The number of rotatable bonds is 5. The largest absolute Gasteiger partial charge is 0.309 e. The Morgan fingerprint density at radius 3 is 1.51 bits per heavy atom. The van der Waals surface area contributed by atoms with Crippen molar-refractivity contribution in [1.29, 1.82) is 0 Å². The summed E-state index contributed by atoms with van der Waals surface area (Å²) in [5.74, 6) is 0.939. The van der Waals surface area contributed by atoms with E-state index in [0.29, 0.717) is 0 Å². The summed E-state index contributed by atoms with van der Waals surface area (Å²) in [6.07, 6.45) is 0. The first-order valence-corrected chi connectivity index (χ1v) is 17.1. The van der Waals surface area contributed by atoms with Gasteiger partial charge in [0, 0.05) is 27.7 Å². The molecule has 236 valence electrons. The zero-order valence-electron chi connectivity index (χ0n) is 28.0. The maximum absolute atomic E-state index is 5.07. The predicted octanol–water partition coefficient (Wildman–Crippen LogP) is 12.5. The highest BCUT2D eigenvalue weighted by molar-refractivity contribution is 6.11. The van der Waals surface area contributed by atoms with E-state index in [1.807, 2.05) is 19.9 Å². The normalized spacial score (nSPS) is 11.2. The summed E-state index contributed by atoms with van der Waals surface area (Å²) >= 11 is 0. The van der Waals surface area contributed by atoms with E-state index in [4.69, 9.17) is 4.98 Å². The quantitative estimate of drug-likeness (QED) is 0.185. The highest BCUT2D eigenvalue weighted by Gasteiger charge is 2.16. The van der Waals surface area contributed by atoms with Gasteiger partial charge in [0.05, 0.1) is 22.1 Å². The Kier molecular flexibility index (Phi) is 7.87. The van der Waals surface area contributed by atoms with Gasteiger partial charge in [0.25, 0.3) is 0 Å². The van der Waals surface area contributed by atoms with E-state index in [1.165, 1.54) is 55.3 Å². The van der Waals surface area contributed by atoms with E-state index in [0.717, 1.165) is 28.1 Å². The molecule has 0 fully saturated rings. The lowest BCUT2D eigenvalue weighted by Crippen LogP contribution is -1.97. The minimum Gasteiger partial charge on any atom is -0.309 e. The van der Waals surface area contributed by atoms with Crippen LogP contribution in [-0.4, -0.2) is 14.1 Å². The van der Waals surface area contributed by atoms with Crippen LogP contribution >= 0.6 is 0 Å². The van der Waals surface area contributed by atoms with Crippen LogP contribution < -0.4 is 0 Å². The molecule has 0 aliphatic rings. The van der Waals surface area contributed by atoms with Gasteiger partial charge < -0.3 is 4.57 Å². The topological polar surface area (TPSA) is 22.8 Å². The molecule has 9 aromatic rings. The number of aryl methyl sites for hydroxylation is 1. The first-order chi connectivity index (χ1) is 24.2. The van der Waals surface area contributed by atoms with Crippen molar-refractivity contribution in [2.24, 2.45) is 0 Å². The fourth-order valence-corrected chi connectivity index (χ4v) is 6.85. The molecule has 0 amide bonds. The molecular formula is C46H37N3.